The molecule has 0 saturated carbocycles. The number of aromatic nitrogens is 5. The summed E-state index contributed by atoms with van der Waals surface area (Å²) in [6.45, 7) is 1.20. The van der Waals surface area contributed by atoms with Crippen molar-refractivity contribution in [1.29, 1.82) is 0 Å². The molecule has 190 valence electrons. The number of nitrogens with one attached hydrogen (secondary N) is 1. The van der Waals surface area contributed by atoms with Crippen LogP contribution >= 0.6 is 0 Å². The lowest BCUT2D eigenvalue weighted by molar-refractivity contribution is 0.0946. The number of fused-ring (bicyclic) bond motifs is 3. The molecule has 0 unspecified atom stereocenters. The third-order valence-corrected chi connectivity index (χ3v) is 6.43. The number of aliphatic imine (C=N–C) groups is 1. The van der Waals surface area contributed by atoms with Gasteiger partial charge in [-0.1, -0.05) is 12.1 Å². The molecule has 0 atom stereocenters. The second kappa shape index (κ2) is 9.43. The monoisotopic (exact) mass is 510 g/mol. The first-order valence-corrected chi connectivity index (χ1v) is 11.9. The number of nitrogen functional groups attached to an aromatic ring is 1. The van der Waals surface area contributed by atoms with Gasteiger partial charge in [-0.3, -0.25) is 14.5 Å². The van der Waals surface area contributed by atoms with Crippen molar-refractivity contribution >= 4 is 34.4 Å². The van der Waals surface area contributed by atoms with E-state index in [1.165, 1.54) is 17.1 Å². The first-order valence-electron chi connectivity index (χ1n) is 11.9. The van der Waals surface area contributed by atoms with Crippen LogP contribution in [0.2, 0.25) is 0 Å². The predicted octanol–water partition coefficient (Wildman–Crippen LogP) is 3.45. The first-order chi connectivity index (χ1) is 18.5. The van der Waals surface area contributed by atoms with Crippen LogP contribution in [0, 0.1) is 5.82 Å². The van der Waals surface area contributed by atoms with Gasteiger partial charge in [-0.2, -0.15) is 5.10 Å². The number of pyridine rings is 1. The zero-order valence-electron chi connectivity index (χ0n) is 20.4. The van der Waals surface area contributed by atoms with Gasteiger partial charge in [0, 0.05) is 29.9 Å². The molecule has 11 heteroatoms. The highest BCUT2D eigenvalue weighted by molar-refractivity contribution is 5.94. The van der Waals surface area contributed by atoms with Crippen LogP contribution in [0.15, 0.2) is 66.2 Å². The maximum atomic E-state index is 13.2. The van der Waals surface area contributed by atoms with Crippen molar-refractivity contribution in [3.05, 3.63) is 95.2 Å². The maximum absolute atomic E-state index is 13.2. The second-order valence-electron chi connectivity index (χ2n) is 8.95. The molecule has 1 amide bonds. The summed E-state index contributed by atoms with van der Waals surface area (Å²) >= 11 is 0. The highest BCUT2D eigenvalue weighted by atomic mass is 19.1. The summed E-state index contributed by atoms with van der Waals surface area (Å²) in [5.41, 5.74) is 9.81. The number of ether oxygens (including phenoxy) is 1. The van der Waals surface area contributed by atoms with Crippen LogP contribution < -0.4 is 15.8 Å². The van der Waals surface area contributed by atoms with E-state index in [1.807, 2.05) is 41.0 Å². The Hall–Kier alpha value is -5.06. The average Bonchev–Trinajstić information content (AvgIpc) is 3.47. The van der Waals surface area contributed by atoms with Gasteiger partial charge in [-0.05, 0) is 40.8 Å². The van der Waals surface area contributed by atoms with Crippen molar-refractivity contribution < 1.29 is 13.9 Å². The Morgan fingerprint density at radius 1 is 1.21 bits per heavy atom. The summed E-state index contributed by atoms with van der Waals surface area (Å²) in [7, 11) is 1.57. The largest absolute Gasteiger partial charge is 0.496 e. The number of methoxy groups -OCH3 is 1. The van der Waals surface area contributed by atoms with Crippen LogP contribution in [0.4, 0.5) is 15.9 Å². The Morgan fingerprint density at radius 3 is 2.92 bits per heavy atom. The molecule has 0 bridgehead atoms. The molecule has 0 aliphatic carbocycles. The van der Waals surface area contributed by atoms with Gasteiger partial charge < -0.3 is 20.4 Å². The first kappa shape index (κ1) is 23.3. The number of hydrogen-bond donors (Lipinski definition) is 2. The second-order valence-corrected chi connectivity index (χ2v) is 8.95. The molecule has 3 N–H and O–H groups in total. The van der Waals surface area contributed by atoms with Crippen LogP contribution in [0.1, 0.15) is 33.0 Å². The molecule has 38 heavy (non-hydrogen) atoms. The summed E-state index contributed by atoms with van der Waals surface area (Å²) in [6.07, 6.45) is 7.54. The fraction of sp³-hybridized carbons (Fsp3) is 0.148. The highest BCUT2D eigenvalue weighted by Crippen LogP contribution is 2.29. The topological polar surface area (TPSA) is 125 Å². The van der Waals surface area contributed by atoms with Gasteiger partial charge in [0.1, 0.15) is 17.3 Å². The van der Waals surface area contributed by atoms with Gasteiger partial charge in [-0.25, -0.2) is 14.4 Å². The van der Waals surface area contributed by atoms with E-state index in [1.54, 1.807) is 25.7 Å². The molecule has 1 aliphatic rings. The highest BCUT2D eigenvalue weighted by Gasteiger charge is 2.18. The van der Waals surface area contributed by atoms with Crippen molar-refractivity contribution in [2.45, 2.75) is 19.6 Å². The van der Waals surface area contributed by atoms with Crippen LogP contribution in [0.25, 0.3) is 10.8 Å². The molecule has 2 aromatic carbocycles. The Balaban J connectivity index is 1.18. The standard InChI is InChI=1S/C27H23FN8O2/c1-38-24-8-21-17(4-5-30-26(21)29)7-19(24)9-32-27(37)23-15-35-13-18-3-2-16(12-36-14-20(28)10-33-36)6-22(18)31-11-25(35)34-23/h2-8,10-11,14-15H,9,12-13H2,1H3,(H2,29,30)(H,32,37). The molecule has 10 nitrogen and oxygen atoms in total. The number of benzene rings is 2. The number of halogens is 1. The molecule has 0 saturated heterocycles. The lowest BCUT2D eigenvalue weighted by atomic mass is 10.1. The van der Waals surface area contributed by atoms with Crippen LogP contribution in [0.3, 0.4) is 0 Å². The lowest BCUT2D eigenvalue weighted by Gasteiger charge is -2.12. The lowest BCUT2D eigenvalue weighted by Crippen LogP contribution is -2.23. The Kier molecular flexibility index (Phi) is 5.79. The quantitative estimate of drug-likeness (QED) is 0.354. The van der Waals surface area contributed by atoms with Crippen LogP contribution in [-0.2, 0) is 19.6 Å². The number of nitrogens with zero attached hydrogens (tertiary/aromatic N) is 6. The maximum Gasteiger partial charge on any atom is 0.271 e. The molecular weight excluding hydrogens is 487 g/mol. The Labute approximate surface area is 216 Å². The van der Waals surface area contributed by atoms with Gasteiger partial charge in [0.2, 0.25) is 0 Å². The third kappa shape index (κ3) is 4.45. The van der Waals surface area contributed by atoms with E-state index in [9.17, 15) is 9.18 Å². The van der Waals surface area contributed by atoms with Gasteiger partial charge >= 0.3 is 0 Å². The molecule has 5 aromatic rings. The van der Waals surface area contributed by atoms with Crippen molar-refractivity contribution in [2.24, 2.45) is 4.99 Å². The van der Waals surface area contributed by atoms with Gasteiger partial charge in [0.15, 0.2) is 11.6 Å². The number of amides is 1. The number of nitrogens with two attached hydrogens (primary N) is 1. The summed E-state index contributed by atoms with van der Waals surface area (Å²) in [6, 6.07) is 11.5. The summed E-state index contributed by atoms with van der Waals surface area (Å²) in [4.78, 5) is 26.2. The SMILES string of the molecule is COc1cc2c(N)nccc2cc1CNC(=O)c1cn2c(n1)C=Nc1cc(Cn3cc(F)cn3)ccc1C2. The molecule has 0 fully saturated rings. The van der Waals surface area contributed by atoms with Crippen LogP contribution in [0.5, 0.6) is 5.75 Å². The predicted molar refractivity (Wildman–Crippen MR) is 140 cm³/mol. The number of rotatable bonds is 6. The molecular formula is C27H23FN8O2. The smallest absolute Gasteiger partial charge is 0.271 e. The molecule has 3 aromatic heterocycles. The van der Waals surface area contributed by atoms with E-state index in [-0.39, 0.29) is 18.3 Å². The van der Waals surface area contributed by atoms with Crippen molar-refractivity contribution in [2.75, 3.05) is 12.8 Å². The molecule has 0 radical (unpaired) electrons. The third-order valence-electron chi connectivity index (χ3n) is 6.43. The minimum atomic E-state index is -0.373. The van der Waals surface area contributed by atoms with E-state index < -0.39 is 0 Å². The minimum absolute atomic E-state index is 0.252. The number of hydrogen-bond acceptors (Lipinski definition) is 7. The number of carbonyl (C=O) groups excluding carboxylic acids is 1. The van der Waals surface area contributed by atoms with Gasteiger partial charge in [0.05, 0.1) is 44.5 Å². The molecule has 6 rings (SSSR count). The van der Waals surface area contributed by atoms with Gasteiger partial charge in [0.25, 0.3) is 5.91 Å². The van der Waals surface area contributed by atoms with E-state index in [0.717, 1.165) is 33.2 Å². The molecule has 4 heterocycles. The Bertz CT molecular complexity index is 1720. The average molecular weight is 511 g/mol. The molecule has 1 aliphatic heterocycles. The van der Waals surface area contributed by atoms with Crippen molar-refractivity contribution in [1.82, 2.24) is 29.6 Å². The number of imidazole rings is 1. The van der Waals surface area contributed by atoms with E-state index in [4.69, 9.17) is 10.5 Å². The number of anilines is 1. The molecule has 0 spiro atoms. The summed E-state index contributed by atoms with van der Waals surface area (Å²) < 4.78 is 22.2. The minimum Gasteiger partial charge on any atom is -0.496 e. The summed E-state index contributed by atoms with van der Waals surface area (Å²) in [5, 5.41) is 8.61. The fourth-order valence-corrected chi connectivity index (χ4v) is 4.52. The normalized spacial score (nSPS) is 12.2. The van der Waals surface area contributed by atoms with E-state index >= 15 is 0 Å². The van der Waals surface area contributed by atoms with Crippen molar-refractivity contribution in [3.63, 3.8) is 0 Å². The Morgan fingerprint density at radius 2 is 2.11 bits per heavy atom. The summed E-state index contributed by atoms with van der Waals surface area (Å²) in [5.74, 6) is 0.926. The van der Waals surface area contributed by atoms with Gasteiger partial charge in [-0.15, -0.1) is 0 Å². The zero-order valence-corrected chi connectivity index (χ0v) is 20.4. The van der Waals surface area contributed by atoms with Crippen molar-refractivity contribution in [3.8, 4) is 5.75 Å². The number of carbonyl (C=O) groups is 1. The zero-order chi connectivity index (χ0) is 26.2. The van der Waals surface area contributed by atoms with E-state index in [2.05, 4.69) is 25.4 Å². The van der Waals surface area contributed by atoms with E-state index in [0.29, 0.717) is 36.2 Å². The fourth-order valence-electron chi connectivity index (χ4n) is 4.52. The van der Waals surface area contributed by atoms with Crippen LogP contribution in [-0.4, -0.2) is 43.5 Å².